The van der Waals surface area contributed by atoms with Crippen molar-refractivity contribution in [1.29, 1.82) is 0 Å². The van der Waals surface area contributed by atoms with Crippen molar-refractivity contribution in [2.45, 2.75) is 13.0 Å². The van der Waals surface area contributed by atoms with Crippen molar-refractivity contribution in [1.82, 2.24) is 9.80 Å². The molecule has 1 saturated heterocycles. The van der Waals surface area contributed by atoms with Crippen LogP contribution < -0.4 is 5.73 Å². The molecule has 20 heavy (non-hydrogen) atoms. The number of carbonyl (C=O) groups is 4. The van der Waals surface area contributed by atoms with Crippen molar-refractivity contribution in [3.05, 3.63) is 0 Å². The lowest BCUT2D eigenvalue weighted by atomic mass is 10.1. The third-order valence-corrected chi connectivity index (χ3v) is 3.00. The minimum atomic E-state index is -0.899. The molecule has 2 rings (SSSR count). The Morgan fingerprint density at radius 2 is 2.10 bits per heavy atom. The molecule has 9 nitrogen and oxygen atoms in total. The fourth-order valence-electron chi connectivity index (χ4n) is 2.14. The van der Waals surface area contributed by atoms with Crippen LogP contribution in [-0.2, 0) is 14.4 Å². The molecule has 1 unspecified atom stereocenters. The van der Waals surface area contributed by atoms with E-state index in [1.807, 2.05) is 0 Å². The molecule has 0 bridgehead atoms. The van der Waals surface area contributed by atoms with Gasteiger partial charge in [0.1, 0.15) is 5.78 Å². The number of nitrogens with zero attached hydrogens (tertiary/aromatic N) is 4. The van der Waals surface area contributed by atoms with Crippen LogP contribution in [0.25, 0.3) is 0 Å². The number of likely N-dealkylation sites (N-methyl/N-ethyl adjacent to an activating group) is 1. The average molecular weight is 280 g/mol. The summed E-state index contributed by atoms with van der Waals surface area (Å²) in [5.74, 6) is -1.30. The predicted octanol–water partition coefficient (Wildman–Crippen LogP) is -2.22. The highest BCUT2D eigenvalue weighted by Crippen LogP contribution is 2.17. The van der Waals surface area contributed by atoms with Gasteiger partial charge in [0.2, 0.25) is 0 Å². The van der Waals surface area contributed by atoms with Gasteiger partial charge in [0, 0.05) is 7.05 Å². The molecular formula is C11H14N5O4+. The van der Waals surface area contributed by atoms with Crippen LogP contribution in [-0.4, -0.2) is 76.4 Å². The molecule has 2 aliphatic rings. The Hall–Kier alpha value is -2.58. The van der Waals surface area contributed by atoms with Gasteiger partial charge >= 0.3 is 6.03 Å². The van der Waals surface area contributed by atoms with E-state index >= 15 is 0 Å². The lowest BCUT2D eigenvalue weighted by Gasteiger charge is -2.32. The second-order valence-corrected chi connectivity index (χ2v) is 4.61. The number of amides is 4. The topological polar surface area (TPSA) is 116 Å². The van der Waals surface area contributed by atoms with E-state index in [9.17, 15) is 19.2 Å². The SMILES string of the molecule is CC(=O)CN1C(=O)C2C(=NC=[N+]2CC(N)=O)N(C)C1=O. The molecule has 1 fully saturated rings. The van der Waals surface area contributed by atoms with Gasteiger partial charge in [-0.05, 0) is 11.9 Å². The van der Waals surface area contributed by atoms with E-state index in [1.165, 1.54) is 29.8 Å². The van der Waals surface area contributed by atoms with Crippen LogP contribution in [0.1, 0.15) is 6.92 Å². The van der Waals surface area contributed by atoms with Gasteiger partial charge in [0.25, 0.3) is 30.0 Å². The van der Waals surface area contributed by atoms with Gasteiger partial charge in [-0.3, -0.25) is 24.2 Å². The number of urea groups is 1. The lowest BCUT2D eigenvalue weighted by Crippen LogP contribution is -2.63. The van der Waals surface area contributed by atoms with Crippen molar-refractivity contribution in [3.8, 4) is 0 Å². The number of fused-ring (bicyclic) bond motifs is 1. The third kappa shape index (κ3) is 2.17. The molecule has 0 aliphatic carbocycles. The molecule has 2 aliphatic heterocycles. The summed E-state index contributed by atoms with van der Waals surface area (Å²) in [6.45, 7) is 0.779. The van der Waals surface area contributed by atoms with Crippen molar-refractivity contribution in [3.63, 3.8) is 0 Å². The smallest absolute Gasteiger partial charge is 0.334 e. The number of hydrogen-bond donors (Lipinski definition) is 1. The number of rotatable bonds is 4. The summed E-state index contributed by atoms with van der Waals surface area (Å²) in [6, 6.07) is -1.51. The Kier molecular flexibility index (Phi) is 3.35. The Bertz CT molecular complexity index is 579. The first kappa shape index (κ1) is 13.8. The normalized spacial score (nSPS) is 21.6. The average Bonchev–Trinajstić information content (AvgIpc) is 2.74. The van der Waals surface area contributed by atoms with Gasteiger partial charge in [-0.2, -0.15) is 0 Å². The fourth-order valence-corrected chi connectivity index (χ4v) is 2.14. The number of primary amides is 1. The van der Waals surface area contributed by atoms with Crippen molar-refractivity contribution in [2.24, 2.45) is 10.7 Å². The zero-order valence-corrected chi connectivity index (χ0v) is 11.1. The monoisotopic (exact) mass is 280 g/mol. The first-order valence-corrected chi connectivity index (χ1v) is 5.86. The standard InChI is InChI=1S/C11H13N5O4/c1-6(17)3-16-10(19)8-9(14(2)11(16)20)13-5-15(8)4-7(12)18/h5,8H,3-4H2,1-2H3,(H-,12,18)/p+1. The maximum absolute atomic E-state index is 12.3. The van der Waals surface area contributed by atoms with E-state index in [0.29, 0.717) is 0 Å². The molecule has 1 atom stereocenters. The third-order valence-electron chi connectivity index (χ3n) is 3.00. The molecule has 2 N–H and O–H groups in total. The van der Waals surface area contributed by atoms with Gasteiger partial charge in [-0.1, -0.05) is 0 Å². The largest absolute Gasteiger partial charge is 0.366 e. The fraction of sp³-hybridized carbons (Fsp3) is 0.455. The summed E-state index contributed by atoms with van der Waals surface area (Å²) in [5.41, 5.74) is 5.11. The molecule has 106 valence electrons. The molecular weight excluding hydrogens is 266 g/mol. The van der Waals surface area contributed by atoms with Crippen LogP contribution in [0.15, 0.2) is 4.99 Å². The first-order chi connectivity index (χ1) is 9.32. The summed E-state index contributed by atoms with van der Waals surface area (Å²) >= 11 is 0. The highest BCUT2D eigenvalue weighted by Gasteiger charge is 2.52. The molecule has 9 heteroatoms. The highest BCUT2D eigenvalue weighted by atomic mass is 16.2. The van der Waals surface area contributed by atoms with Gasteiger partial charge < -0.3 is 5.73 Å². The van der Waals surface area contributed by atoms with Crippen LogP contribution in [0.3, 0.4) is 0 Å². The number of amidine groups is 1. The molecule has 0 spiro atoms. The summed E-state index contributed by atoms with van der Waals surface area (Å²) in [7, 11) is 1.45. The summed E-state index contributed by atoms with van der Waals surface area (Å²) in [6.07, 6.45) is 1.30. The predicted molar refractivity (Wildman–Crippen MR) is 67.2 cm³/mol. The number of hydrogen-bond acceptors (Lipinski definition) is 5. The summed E-state index contributed by atoms with van der Waals surface area (Å²) in [4.78, 5) is 52.5. The first-order valence-electron chi connectivity index (χ1n) is 5.86. The summed E-state index contributed by atoms with van der Waals surface area (Å²) < 4.78 is 1.34. The van der Waals surface area contributed by atoms with Gasteiger partial charge in [-0.15, -0.1) is 0 Å². The number of Topliss-reactive ketones (excluding diaryl/α,β-unsaturated/α-hetero) is 1. The van der Waals surface area contributed by atoms with Crippen LogP contribution in [0.5, 0.6) is 0 Å². The maximum Gasteiger partial charge on any atom is 0.334 e. The van der Waals surface area contributed by atoms with E-state index in [1.54, 1.807) is 0 Å². The molecule has 0 aromatic heterocycles. The molecule has 2 heterocycles. The number of aliphatic imine (C=N–C) groups is 1. The summed E-state index contributed by atoms with van der Waals surface area (Å²) in [5, 5.41) is 0. The number of carbonyl (C=O) groups excluding carboxylic acids is 4. The Morgan fingerprint density at radius 1 is 1.45 bits per heavy atom. The van der Waals surface area contributed by atoms with Gasteiger partial charge in [0.05, 0.1) is 6.54 Å². The molecule has 0 aromatic rings. The number of ketones is 1. The van der Waals surface area contributed by atoms with E-state index in [-0.39, 0.29) is 24.7 Å². The quantitative estimate of drug-likeness (QED) is 0.587. The molecule has 4 amide bonds. The molecule has 0 saturated carbocycles. The van der Waals surface area contributed by atoms with Crippen LogP contribution >= 0.6 is 0 Å². The minimum Gasteiger partial charge on any atom is -0.366 e. The zero-order chi connectivity index (χ0) is 15.0. The Labute approximate surface area is 114 Å². The number of nitrogens with two attached hydrogens (primary N) is 1. The number of imide groups is 1. The zero-order valence-electron chi connectivity index (χ0n) is 11.1. The maximum atomic E-state index is 12.3. The Balaban J connectivity index is 2.32. The van der Waals surface area contributed by atoms with Gasteiger partial charge in [0.15, 0.2) is 6.54 Å². The highest BCUT2D eigenvalue weighted by molar-refractivity contribution is 6.22. The van der Waals surface area contributed by atoms with E-state index in [0.717, 1.165) is 4.90 Å². The van der Waals surface area contributed by atoms with E-state index < -0.39 is 23.9 Å². The second kappa shape index (κ2) is 4.83. The van der Waals surface area contributed by atoms with Crippen molar-refractivity contribution < 1.29 is 23.8 Å². The second-order valence-electron chi connectivity index (χ2n) is 4.61. The molecule has 0 aromatic carbocycles. The lowest BCUT2D eigenvalue weighted by molar-refractivity contribution is -0.519. The van der Waals surface area contributed by atoms with Crippen LogP contribution in [0.4, 0.5) is 4.79 Å². The van der Waals surface area contributed by atoms with Crippen LogP contribution in [0.2, 0.25) is 0 Å². The van der Waals surface area contributed by atoms with Gasteiger partial charge in [-0.25, -0.2) is 9.37 Å². The molecule has 0 radical (unpaired) electrons. The van der Waals surface area contributed by atoms with Crippen molar-refractivity contribution >= 4 is 35.8 Å². The van der Waals surface area contributed by atoms with Crippen molar-refractivity contribution in [2.75, 3.05) is 20.1 Å². The Morgan fingerprint density at radius 3 is 2.65 bits per heavy atom. The van der Waals surface area contributed by atoms with E-state index in [2.05, 4.69) is 4.99 Å². The van der Waals surface area contributed by atoms with E-state index in [4.69, 9.17) is 5.73 Å². The minimum absolute atomic E-state index is 0.195. The van der Waals surface area contributed by atoms with Crippen LogP contribution in [0, 0.1) is 0 Å².